The van der Waals surface area contributed by atoms with Gasteiger partial charge in [-0.05, 0) is 6.92 Å². The predicted octanol–water partition coefficient (Wildman–Crippen LogP) is 4.07. The van der Waals surface area contributed by atoms with Crippen LogP contribution in [0.3, 0.4) is 0 Å². The Bertz CT molecular complexity index is 1400. The van der Waals surface area contributed by atoms with E-state index in [4.69, 9.17) is 9.90 Å². The van der Waals surface area contributed by atoms with Crippen LogP contribution < -0.4 is 5.11 Å². The Labute approximate surface area is 257 Å². The van der Waals surface area contributed by atoms with E-state index in [1.807, 2.05) is 54.0 Å². The van der Waals surface area contributed by atoms with Crippen LogP contribution in [-0.2, 0) is 31.3 Å². The molecule has 2 fully saturated rings. The van der Waals surface area contributed by atoms with Crippen molar-refractivity contribution in [3.63, 3.8) is 0 Å². The molecule has 1 saturated heterocycles. The molecule has 43 heavy (non-hydrogen) atoms. The van der Waals surface area contributed by atoms with E-state index in [-0.39, 0.29) is 50.6 Å². The standard InChI is InChI=1S/C28H36N4O6.C2H4O2.Cr/c1-27(2,3)21-13-19(31(35)36)11-17(25(21)33)15-29-23-9-7-8-10-24(23)30-16-18-12-20(32(37)38)14-22(26(18)34)28(4,5)6;1-2(3)4;/h11-16,23-24,33-34H,7-10H2,1-6H3;1H3,(H,3,4);/q;;+2/p-1. The van der Waals surface area contributed by atoms with E-state index in [1.54, 1.807) is 0 Å². The third kappa shape index (κ3) is 7.97. The number of carboxylic acids is 1. The monoisotopic (exact) mass is 635 g/mol. The zero-order chi connectivity index (χ0) is 32.4. The van der Waals surface area contributed by atoms with Gasteiger partial charge in [-0.1, -0.05) is 0 Å². The minimum absolute atomic E-state index is 0.0323. The number of carbonyl (C=O) groups is 1. The number of non-ortho nitro benzene ring substituents is 2. The van der Waals surface area contributed by atoms with Gasteiger partial charge in [0, 0.05) is 5.97 Å². The van der Waals surface area contributed by atoms with E-state index in [1.165, 1.54) is 24.3 Å². The van der Waals surface area contributed by atoms with Crippen molar-refractivity contribution in [2.24, 2.45) is 0 Å². The zero-order valence-corrected chi connectivity index (χ0v) is 26.8. The Hall–Kier alpha value is -3.82. The molecule has 1 aliphatic carbocycles. The molecule has 0 aromatic heterocycles. The Balaban J connectivity index is 0.00000119. The van der Waals surface area contributed by atoms with Crippen LogP contribution in [0.25, 0.3) is 0 Å². The molecule has 1 saturated carbocycles. The summed E-state index contributed by atoms with van der Waals surface area (Å²) in [6.07, 6.45) is 7.57. The number of phenolic OH excluding ortho intramolecular Hbond substituents is 2. The number of nitro groups is 2. The molecule has 12 nitrogen and oxygen atoms in total. The van der Waals surface area contributed by atoms with Crippen molar-refractivity contribution in [1.82, 2.24) is 0 Å². The van der Waals surface area contributed by atoms with Crippen molar-refractivity contribution in [2.45, 2.75) is 97.1 Å². The third-order valence-electron chi connectivity index (χ3n) is 7.35. The van der Waals surface area contributed by atoms with Gasteiger partial charge in [0.1, 0.15) is 0 Å². The van der Waals surface area contributed by atoms with Gasteiger partial charge < -0.3 is 9.90 Å². The molecule has 2 aliphatic rings. The maximum atomic E-state index is 11.7. The van der Waals surface area contributed by atoms with Gasteiger partial charge >= 0.3 is 235 Å². The predicted molar refractivity (Wildman–Crippen MR) is 155 cm³/mol. The summed E-state index contributed by atoms with van der Waals surface area (Å²) in [6, 6.07) is 5.93. The van der Waals surface area contributed by atoms with Crippen molar-refractivity contribution >= 4 is 29.8 Å². The number of aliphatic carboxylic acids is 1. The van der Waals surface area contributed by atoms with Gasteiger partial charge in [-0.3, -0.25) is 0 Å². The van der Waals surface area contributed by atoms with Gasteiger partial charge in [-0.2, -0.15) is 0 Å². The van der Waals surface area contributed by atoms with Crippen LogP contribution >= 0.6 is 0 Å². The van der Waals surface area contributed by atoms with E-state index in [0.717, 1.165) is 32.6 Å². The molecule has 2 N–H and O–H groups in total. The van der Waals surface area contributed by atoms with Crippen LogP contribution in [0.1, 0.15) is 96.4 Å². The second-order valence-corrected chi connectivity index (χ2v) is 14.4. The number of rotatable bonds is 4. The average molecular weight is 636 g/mol. The van der Waals surface area contributed by atoms with E-state index in [0.29, 0.717) is 22.3 Å². The number of nitrogens with zero attached hydrogens (tertiary/aromatic N) is 4. The van der Waals surface area contributed by atoms with Gasteiger partial charge in [-0.25, -0.2) is 0 Å². The van der Waals surface area contributed by atoms with E-state index in [9.17, 15) is 30.4 Å². The number of carboxylic acid groups (broad SMARTS) is 1. The zero-order valence-electron chi connectivity index (χ0n) is 25.5. The number of benzene rings is 2. The molecule has 232 valence electrons. The topological polar surface area (TPSA) is 173 Å². The maximum absolute atomic E-state index is 11.7. The van der Waals surface area contributed by atoms with Crippen molar-refractivity contribution in [3.8, 4) is 11.5 Å². The Kier molecular flexibility index (Phi) is 10.0. The van der Waals surface area contributed by atoms with Crippen LogP contribution in [0, 0.1) is 20.2 Å². The fourth-order valence-corrected chi connectivity index (χ4v) is 7.25. The van der Waals surface area contributed by atoms with Gasteiger partial charge in [-0.15, -0.1) is 0 Å². The Morgan fingerprint density at radius 3 is 1.42 bits per heavy atom. The first-order valence-corrected chi connectivity index (χ1v) is 15.1. The summed E-state index contributed by atoms with van der Waals surface area (Å²) in [6.45, 7) is 12.4. The molecule has 4 rings (SSSR count). The van der Waals surface area contributed by atoms with E-state index in [2.05, 4.69) is 7.12 Å². The van der Waals surface area contributed by atoms with Crippen molar-refractivity contribution in [2.75, 3.05) is 0 Å². The summed E-state index contributed by atoms with van der Waals surface area (Å²) in [5, 5.41) is 54.5. The summed E-state index contributed by atoms with van der Waals surface area (Å²) >= 11 is -0.308. The average Bonchev–Trinajstić information content (AvgIpc) is 3.21. The van der Waals surface area contributed by atoms with Crippen LogP contribution in [0.4, 0.5) is 11.4 Å². The second kappa shape index (κ2) is 12.8. The van der Waals surface area contributed by atoms with Crippen LogP contribution in [0.5, 0.6) is 11.5 Å². The minimum atomic E-state index is -1.08. The summed E-state index contributed by atoms with van der Waals surface area (Å²) in [5.41, 5.74) is 0.680. The molecule has 2 atom stereocenters. The molecule has 2 aromatic carbocycles. The number of carbonyl (C=O) groups excluding carboxylic acids is 1. The number of hydrogen-bond acceptors (Lipinski definition) is 8. The molecule has 0 spiro atoms. The number of fused-ring (bicyclic) bond motifs is 1. The summed E-state index contributed by atoms with van der Waals surface area (Å²) in [7, 11) is 0. The molecule has 0 amide bonds. The number of aromatic hydroxyl groups is 2. The number of phenols is 2. The molecule has 1 heterocycles. The van der Waals surface area contributed by atoms with Gasteiger partial charge in [0.15, 0.2) is 0 Å². The quantitative estimate of drug-likeness (QED) is 0.374. The van der Waals surface area contributed by atoms with E-state index >= 15 is 0 Å². The van der Waals surface area contributed by atoms with Crippen molar-refractivity contribution < 1.29 is 52.7 Å². The van der Waals surface area contributed by atoms with Crippen molar-refractivity contribution in [1.29, 1.82) is 0 Å². The number of nitro benzene ring substituents is 2. The fourth-order valence-electron chi connectivity index (χ4n) is 5.26. The van der Waals surface area contributed by atoms with Gasteiger partial charge in [0.05, 0.1) is 0 Å². The molecule has 0 bridgehead atoms. The summed E-state index contributed by atoms with van der Waals surface area (Å²) < 4.78 is 4.30. The Morgan fingerprint density at radius 2 is 1.14 bits per heavy atom. The Morgan fingerprint density at radius 1 is 0.814 bits per heavy atom. The normalized spacial score (nSPS) is 20.3. The first kappa shape index (κ1) is 33.7. The van der Waals surface area contributed by atoms with Crippen molar-refractivity contribution in [3.05, 3.63) is 66.7 Å². The second-order valence-electron chi connectivity index (χ2n) is 12.8. The first-order chi connectivity index (χ1) is 19.8. The SMILES string of the molecule is CC(=O)[O-].CC(C)(C)c1cc([N+](=O)[O-])cc(C=[N+]2[Cr][N+](=Cc3cc([N+](=O)[O-])cc(C(C)(C)C)c3O)C3CCCCC32)c1O. The van der Waals surface area contributed by atoms with Crippen LogP contribution in [-0.4, -0.2) is 57.7 Å². The van der Waals surface area contributed by atoms with Crippen LogP contribution in [0.2, 0.25) is 0 Å². The molecule has 2 unspecified atom stereocenters. The first-order valence-electron chi connectivity index (χ1n) is 14.0. The van der Waals surface area contributed by atoms with Gasteiger partial charge in [0.25, 0.3) is 0 Å². The summed E-state index contributed by atoms with van der Waals surface area (Å²) in [4.78, 5) is 31.4. The molecule has 2 aromatic rings. The summed E-state index contributed by atoms with van der Waals surface area (Å²) in [5.74, 6) is -1.02. The molecular weight excluding hydrogens is 596 g/mol. The van der Waals surface area contributed by atoms with Crippen LogP contribution in [0.15, 0.2) is 24.3 Å². The van der Waals surface area contributed by atoms with Gasteiger partial charge in [0.2, 0.25) is 0 Å². The number of hydrogen-bond donors (Lipinski definition) is 2. The van der Waals surface area contributed by atoms with E-state index < -0.39 is 26.6 Å². The fraction of sp³-hybridized carbons (Fsp3) is 0.500. The molecule has 1 aliphatic heterocycles. The molecule has 13 heteroatoms. The third-order valence-corrected chi connectivity index (χ3v) is 9.12. The molecular formula is C30H39CrN4O8+. The molecule has 0 radical (unpaired) electrons.